The molecule has 0 fully saturated rings. The third-order valence-electron chi connectivity index (χ3n) is 2.40. The Labute approximate surface area is 116 Å². The van der Waals surface area contributed by atoms with Crippen molar-refractivity contribution >= 4 is 11.8 Å². The number of benzene rings is 1. The molecule has 0 aromatic heterocycles. The van der Waals surface area contributed by atoms with E-state index in [1.807, 2.05) is 30.3 Å². The minimum absolute atomic E-state index is 0.170. The van der Waals surface area contributed by atoms with Gasteiger partial charge in [0.1, 0.15) is 6.10 Å². The maximum atomic E-state index is 11.8. The molecule has 0 saturated carbocycles. The molecular weight excluding hydrogens is 264 g/mol. The van der Waals surface area contributed by atoms with Gasteiger partial charge in [-0.15, -0.1) is 0 Å². The average Bonchev–Trinajstić information content (AvgIpc) is 2.49. The van der Waals surface area contributed by atoms with Crippen LogP contribution < -0.4 is 11.0 Å². The van der Waals surface area contributed by atoms with Crippen molar-refractivity contribution in [2.24, 2.45) is 0 Å². The lowest BCUT2D eigenvalue weighted by Gasteiger charge is -2.16. The van der Waals surface area contributed by atoms with Crippen molar-refractivity contribution in [1.82, 2.24) is 11.0 Å². The van der Waals surface area contributed by atoms with Gasteiger partial charge < -0.3 is 4.74 Å². The van der Waals surface area contributed by atoms with Crippen molar-refractivity contribution in [2.75, 3.05) is 6.61 Å². The fourth-order valence-electron chi connectivity index (χ4n) is 1.42. The summed E-state index contributed by atoms with van der Waals surface area (Å²) < 4.78 is 5.40. The molecule has 0 aliphatic carbocycles. The van der Waals surface area contributed by atoms with E-state index in [9.17, 15) is 9.59 Å². The quantitative estimate of drug-likeness (QED) is 0.477. The van der Waals surface area contributed by atoms with Crippen LogP contribution >= 0.6 is 0 Å². The van der Waals surface area contributed by atoms with E-state index >= 15 is 0 Å². The van der Waals surface area contributed by atoms with Gasteiger partial charge in [-0.1, -0.05) is 30.3 Å². The van der Waals surface area contributed by atoms with Crippen LogP contribution in [0.3, 0.4) is 0 Å². The zero-order valence-electron chi connectivity index (χ0n) is 11.2. The number of amides is 2. The predicted octanol–water partition coefficient (Wildman–Crippen LogP) is 0.535. The van der Waals surface area contributed by atoms with Crippen LogP contribution in [0.2, 0.25) is 0 Å². The van der Waals surface area contributed by atoms with Gasteiger partial charge in [0.15, 0.2) is 0 Å². The topological polar surface area (TPSA) is 96.9 Å². The van der Waals surface area contributed by atoms with Crippen LogP contribution in [0.4, 0.5) is 0 Å². The maximum Gasteiger partial charge on any atom is 0.273 e. The minimum Gasteiger partial charge on any atom is -0.363 e. The van der Waals surface area contributed by atoms with Crippen LogP contribution in [0.25, 0.3) is 0 Å². The molecule has 1 aromatic rings. The molecule has 1 rings (SSSR count). The molecule has 0 aliphatic rings. The van der Waals surface area contributed by atoms with Crippen molar-refractivity contribution in [3.63, 3.8) is 0 Å². The number of hydrogen-bond acceptors (Lipinski definition) is 5. The highest BCUT2D eigenvalue weighted by molar-refractivity contribution is 5.86. The van der Waals surface area contributed by atoms with Crippen LogP contribution in [0.15, 0.2) is 30.3 Å². The second kappa shape index (κ2) is 9.03. The highest BCUT2D eigenvalue weighted by Gasteiger charge is 2.22. The summed E-state index contributed by atoms with van der Waals surface area (Å²) >= 11 is 0. The fourth-order valence-corrected chi connectivity index (χ4v) is 1.42. The number of hydrogen-bond donors (Lipinski definition) is 3. The summed E-state index contributed by atoms with van der Waals surface area (Å²) in [5, 5.41) is 8.51. The second-order valence-corrected chi connectivity index (χ2v) is 3.92. The Balaban J connectivity index is 2.57. The van der Waals surface area contributed by atoms with E-state index in [1.54, 1.807) is 6.92 Å². The van der Waals surface area contributed by atoms with Gasteiger partial charge in [-0.05, 0) is 12.5 Å². The van der Waals surface area contributed by atoms with E-state index in [-0.39, 0.29) is 13.0 Å². The lowest BCUT2D eigenvalue weighted by Crippen LogP contribution is -2.39. The van der Waals surface area contributed by atoms with Crippen molar-refractivity contribution in [3.05, 3.63) is 35.9 Å². The molecule has 7 nitrogen and oxygen atoms in total. The Morgan fingerprint density at radius 1 is 1.30 bits per heavy atom. The molecule has 2 amide bonds. The van der Waals surface area contributed by atoms with Crippen molar-refractivity contribution in [2.45, 2.75) is 26.1 Å². The Morgan fingerprint density at radius 2 is 2.00 bits per heavy atom. The summed E-state index contributed by atoms with van der Waals surface area (Å²) in [4.78, 5) is 27.7. The lowest BCUT2D eigenvalue weighted by molar-refractivity contribution is -0.151. The molecule has 0 heterocycles. The molecule has 0 saturated heterocycles. The highest BCUT2D eigenvalue weighted by Crippen LogP contribution is 2.06. The molecular formula is C13H18N2O5. The van der Waals surface area contributed by atoms with Gasteiger partial charge in [0.05, 0.1) is 19.6 Å². The molecule has 1 aromatic carbocycles. The maximum absolute atomic E-state index is 11.8. The number of carbonyl (C=O) groups is 2. The van der Waals surface area contributed by atoms with Crippen LogP contribution in [-0.4, -0.2) is 29.7 Å². The zero-order chi connectivity index (χ0) is 14.8. The van der Waals surface area contributed by atoms with Crippen LogP contribution in [0, 0.1) is 0 Å². The molecule has 7 heteroatoms. The third-order valence-corrected chi connectivity index (χ3v) is 2.40. The SMILES string of the molecule is CCONC(=O)C(CC(=O)NO)OCc1ccccc1. The van der Waals surface area contributed by atoms with Gasteiger partial charge in [-0.3, -0.25) is 19.6 Å². The Hall–Kier alpha value is -1.96. The van der Waals surface area contributed by atoms with E-state index in [4.69, 9.17) is 14.8 Å². The molecule has 1 unspecified atom stereocenters. The summed E-state index contributed by atoms with van der Waals surface area (Å²) in [6, 6.07) is 9.22. The lowest BCUT2D eigenvalue weighted by atomic mass is 10.2. The van der Waals surface area contributed by atoms with Gasteiger partial charge in [-0.25, -0.2) is 11.0 Å². The first-order valence-corrected chi connectivity index (χ1v) is 6.17. The first-order chi connectivity index (χ1) is 9.67. The summed E-state index contributed by atoms with van der Waals surface area (Å²) in [6.07, 6.45) is -1.35. The number of carbonyl (C=O) groups excluding carboxylic acids is 2. The van der Waals surface area contributed by atoms with Crippen LogP contribution in [0.1, 0.15) is 18.9 Å². The van der Waals surface area contributed by atoms with Gasteiger partial charge in [0.2, 0.25) is 5.91 Å². The van der Waals surface area contributed by atoms with Crippen molar-refractivity contribution in [1.29, 1.82) is 0 Å². The van der Waals surface area contributed by atoms with E-state index in [2.05, 4.69) is 5.48 Å². The largest absolute Gasteiger partial charge is 0.363 e. The first-order valence-electron chi connectivity index (χ1n) is 6.17. The van der Waals surface area contributed by atoms with Gasteiger partial charge in [0.25, 0.3) is 5.91 Å². The minimum atomic E-state index is -1.05. The molecule has 1 atom stereocenters. The average molecular weight is 282 g/mol. The smallest absolute Gasteiger partial charge is 0.273 e. The third kappa shape index (κ3) is 5.79. The normalized spacial score (nSPS) is 11.7. The Morgan fingerprint density at radius 3 is 2.60 bits per heavy atom. The second-order valence-electron chi connectivity index (χ2n) is 3.92. The molecule has 0 aliphatic heterocycles. The van der Waals surface area contributed by atoms with Crippen molar-refractivity contribution in [3.8, 4) is 0 Å². The van der Waals surface area contributed by atoms with E-state index in [1.165, 1.54) is 5.48 Å². The van der Waals surface area contributed by atoms with Gasteiger partial charge >= 0.3 is 0 Å². The van der Waals surface area contributed by atoms with Crippen molar-refractivity contribution < 1.29 is 24.4 Å². The zero-order valence-corrected chi connectivity index (χ0v) is 11.2. The highest BCUT2D eigenvalue weighted by atomic mass is 16.7. The van der Waals surface area contributed by atoms with E-state index in [0.29, 0.717) is 6.61 Å². The molecule has 20 heavy (non-hydrogen) atoms. The summed E-state index contributed by atoms with van der Waals surface area (Å²) in [5.74, 6) is -1.29. The first kappa shape index (κ1) is 16.1. The number of ether oxygens (including phenoxy) is 1. The monoisotopic (exact) mass is 282 g/mol. The molecule has 0 radical (unpaired) electrons. The molecule has 110 valence electrons. The predicted molar refractivity (Wildman–Crippen MR) is 69.3 cm³/mol. The Bertz CT molecular complexity index is 424. The van der Waals surface area contributed by atoms with E-state index < -0.39 is 17.9 Å². The van der Waals surface area contributed by atoms with Gasteiger partial charge in [0, 0.05) is 0 Å². The summed E-state index contributed by atoms with van der Waals surface area (Å²) in [7, 11) is 0. The van der Waals surface area contributed by atoms with Crippen LogP contribution in [-0.2, 0) is 25.8 Å². The summed E-state index contributed by atoms with van der Waals surface area (Å²) in [5.41, 5.74) is 4.50. The van der Waals surface area contributed by atoms with Crippen LogP contribution in [0.5, 0.6) is 0 Å². The standard InChI is InChI=1S/C13H18N2O5/c1-2-20-15-13(17)11(8-12(16)14-18)19-9-10-6-4-3-5-7-10/h3-7,11,18H,2,8-9H2,1H3,(H,14,16)(H,15,17). The molecule has 0 bridgehead atoms. The Kier molecular flexibility index (Phi) is 7.26. The fraction of sp³-hybridized carbons (Fsp3) is 0.385. The van der Waals surface area contributed by atoms with Gasteiger partial charge in [-0.2, -0.15) is 0 Å². The number of hydroxylamine groups is 2. The molecule has 3 N–H and O–H groups in total. The molecule has 0 spiro atoms. The number of rotatable bonds is 8. The number of nitrogens with one attached hydrogen (secondary N) is 2. The van der Waals surface area contributed by atoms with E-state index in [0.717, 1.165) is 5.56 Å². The summed E-state index contributed by atoms with van der Waals surface area (Å²) in [6.45, 7) is 2.17.